The van der Waals surface area contributed by atoms with Crippen molar-refractivity contribution in [3.05, 3.63) is 52.8 Å². The van der Waals surface area contributed by atoms with Crippen LogP contribution in [0.3, 0.4) is 0 Å². The Bertz CT molecular complexity index is 1320. The summed E-state index contributed by atoms with van der Waals surface area (Å²) in [5, 5.41) is 12.9. The number of carbonyl (C=O) groups excluding carboxylic acids is 1. The molecule has 0 unspecified atom stereocenters. The fraction of sp³-hybridized carbons (Fsp3) is 0.462. The zero-order valence-corrected chi connectivity index (χ0v) is 21.4. The minimum atomic E-state index is -0.306. The van der Waals surface area contributed by atoms with Crippen molar-refractivity contribution in [2.75, 3.05) is 60.2 Å². The maximum atomic E-state index is 13.7. The van der Waals surface area contributed by atoms with E-state index < -0.39 is 0 Å². The molecule has 1 amide bonds. The number of hydrogen-bond acceptors (Lipinski definition) is 9. The number of amides is 1. The number of fused-ring (bicyclic) bond motifs is 2. The van der Waals surface area contributed by atoms with Gasteiger partial charge in [-0.2, -0.15) is 4.68 Å². The number of nitrogens with zero attached hydrogens (tertiary/aromatic N) is 7. The van der Waals surface area contributed by atoms with Crippen molar-refractivity contribution in [1.29, 1.82) is 0 Å². The van der Waals surface area contributed by atoms with Gasteiger partial charge in [-0.05, 0) is 54.2 Å². The first-order valence-electron chi connectivity index (χ1n) is 12.7. The first-order valence-corrected chi connectivity index (χ1v) is 12.7. The summed E-state index contributed by atoms with van der Waals surface area (Å²) < 4.78 is 19.0. The molecule has 2 aromatic carbocycles. The van der Waals surface area contributed by atoms with Gasteiger partial charge in [0.05, 0.1) is 18.4 Å². The molecular weight excluding hydrogens is 474 g/mol. The van der Waals surface area contributed by atoms with Gasteiger partial charge in [0, 0.05) is 38.3 Å². The molecule has 1 atom stereocenters. The number of rotatable bonds is 5. The number of carbonyl (C=O) groups is 1. The topological polar surface area (TPSA) is 98.1 Å². The summed E-state index contributed by atoms with van der Waals surface area (Å²) >= 11 is 0. The molecule has 11 nitrogen and oxygen atoms in total. The van der Waals surface area contributed by atoms with Gasteiger partial charge in [-0.15, -0.1) is 5.10 Å². The highest BCUT2D eigenvalue weighted by atomic mass is 16.7. The number of methoxy groups -OCH3 is 1. The number of para-hydroxylation sites is 1. The Morgan fingerprint density at radius 1 is 1.14 bits per heavy atom. The van der Waals surface area contributed by atoms with Crippen LogP contribution in [0.4, 0.5) is 0 Å². The molecule has 37 heavy (non-hydrogen) atoms. The molecule has 11 heteroatoms. The van der Waals surface area contributed by atoms with Crippen LogP contribution in [-0.4, -0.2) is 101 Å². The van der Waals surface area contributed by atoms with Crippen LogP contribution in [0.15, 0.2) is 30.3 Å². The molecule has 0 aliphatic carbocycles. The second-order valence-corrected chi connectivity index (χ2v) is 9.54. The Hall–Kier alpha value is -3.70. The molecule has 194 valence electrons. The molecule has 0 bridgehead atoms. The molecule has 0 saturated carbocycles. The summed E-state index contributed by atoms with van der Waals surface area (Å²) in [7, 11) is 3.68. The Labute approximate surface area is 215 Å². The van der Waals surface area contributed by atoms with Gasteiger partial charge >= 0.3 is 0 Å². The number of likely N-dealkylation sites (N-methyl/N-ethyl adjacent to an activating group) is 2. The van der Waals surface area contributed by atoms with Crippen LogP contribution in [0.5, 0.6) is 17.2 Å². The highest BCUT2D eigenvalue weighted by Gasteiger charge is 2.38. The standard InChI is InChI=1S/C26H31N7O4/c1-4-31-11-13-32(14-12-31)26(34)18-7-5-6-8-19(18)33-25(27-28-29-33)22-21-17(9-10-30(22)2)15-20-23(24(21)35-3)37-16-36-20/h5-8,15,22H,4,9-14,16H2,1-3H3/t22-/m1/s1. The van der Waals surface area contributed by atoms with Gasteiger partial charge in [0.2, 0.25) is 12.5 Å². The second-order valence-electron chi connectivity index (χ2n) is 9.54. The SMILES string of the molecule is CCN1CCN(C(=O)c2ccccc2-n2nnnc2[C@H]2c3c(cc4c(c3OC)OCO4)CCN2C)CC1. The van der Waals surface area contributed by atoms with Crippen molar-refractivity contribution < 1.29 is 19.0 Å². The van der Waals surface area contributed by atoms with Crippen LogP contribution in [-0.2, 0) is 6.42 Å². The van der Waals surface area contributed by atoms with E-state index in [2.05, 4.69) is 32.2 Å². The van der Waals surface area contributed by atoms with E-state index in [1.165, 1.54) is 0 Å². The zero-order chi connectivity index (χ0) is 25.5. The fourth-order valence-electron chi connectivity index (χ4n) is 5.57. The Kier molecular flexibility index (Phi) is 6.17. The van der Waals surface area contributed by atoms with E-state index in [9.17, 15) is 4.79 Å². The Balaban J connectivity index is 1.42. The Morgan fingerprint density at radius 3 is 2.73 bits per heavy atom. The summed E-state index contributed by atoms with van der Waals surface area (Å²) in [5.74, 6) is 2.53. The summed E-state index contributed by atoms with van der Waals surface area (Å²) in [6, 6.07) is 9.27. The van der Waals surface area contributed by atoms with Crippen molar-refractivity contribution in [2.24, 2.45) is 0 Å². The maximum absolute atomic E-state index is 13.7. The molecule has 0 N–H and O–H groups in total. The van der Waals surface area contributed by atoms with Crippen molar-refractivity contribution in [3.8, 4) is 22.9 Å². The predicted molar refractivity (Wildman–Crippen MR) is 134 cm³/mol. The third kappa shape index (κ3) is 3.98. The molecule has 1 fully saturated rings. The average Bonchev–Trinajstić information content (AvgIpc) is 3.61. The van der Waals surface area contributed by atoms with E-state index in [4.69, 9.17) is 14.2 Å². The lowest BCUT2D eigenvalue weighted by Gasteiger charge is -2.35. The first-order chi connectivity index (χ1) is 18.1. The molecule has 3 aliphatic heterocycles. The van der Waals surface area contributed by atoms with Gasteiger partial charge in [0.1, 0.15) is 6.04 Å². The fourth-order valence-corrected chi connectivity index (χ4v) is 5.57. The van der Waals surface area contributed by atoms with E-state index in [0.717, 1.165) is 43.7 Å². The predicted octanol–water partition coefficient (Wildman–Crippen LogP) is 1.75. The number of tetrazole rings is 1. The van der Waals surface area contributed by atoms with Gasteiger partial charge in [-0.1, -0.05) is 19.1 Å². The lowest BCUT2D eigenvalue weighted by molar-refractivity contribution is 0.0643. The minimum absolute atomic E-state index is 0.00819. The van der Waals surface area contributed by atoms with Crippen molar-refractivity contribution in [2.45, 2.75) is 19.4 Å². The van der Waals surface area contributed by atoms with E-state index in [0.29, 0.717) is 47.4 Å². The lowest BCUT2D eigenvalue weighted by atomic mass is 9.90. The third-order valence-corrected chi connectivity index (χ3v) is 7.60. The van der Waals surface area contributed by atoms with Crippen LogP contribution in [0.1, 0.15) is 40.3 Å². The molecule has 0 spiro atoms. The van der Waals surface area contributed by atoms with Crippen molar-refractivity contribution in [1.82, 2.24) is 34.9 Å². The van der Waals surface area contributed by atoms with Gasteiger partial charge in [-0.3, -0.25) is 9.69 Å². The van der Waals surface area contributed by atoms with Crippen LogP contribution in [0.25, 0.3) is 5.69 Å². The summed E-state index contributed by atoms with van der Waals surface area (Å²) in [6.45, 7) is 7.26. The van der Waals surface area contributed by atoms with E-state index >= 15 is 0 Å². The third-order valence-electron chi connectivity index (χ3n) is 7.60. The van der Waals surface area contributed by atoms with Gasteiger partial charge in [0.25, 0.3) is 5.91 Å². The number of ether oxygens (including phenoxy) is 3. The van der Waals surface area contributed by atoms with Gasteiger partial charge < -0.3 is 24.0 Å². The maximum Gasteiger partial charge on any atom is 0.256 e. The number of hydrogen-bond donors (Lipinski definition) is 0. The van der Waals surface area contributed by atoms with E-state index in [-0.39, 0.29) is 18.7 Å². The smallest absolute Gasteiger partial charge is 0.256 e. The average molecular weight is 506 g/mol. The molecule has 4 heterocycles. The second kappa shape index (κ2) is 9.64. The Morgan fingerprint density at radius 2 is 1.95 bits per heavy atom. The van der Waals surface area contributed by atoms with E-state index in [1.807, 2.05) is 42.3 Å². The molecule has 1 saturated heterocycles. The van der Waals surface area contributed by atoms with Gasteiger partial charge in [0.15, 0.2) is 17.3 Å². The minimum Gasteiger partial charge on any atom is -0.492 e. The quantitative estimate of drug-likeness (QED) is 0.514. The highest BCUT2D eigenvalue weighted by Crippen LogP contribution is 2.50. The number of benzene rings is 2. The molecule has 0 radical (unpaired) electrons. The summed E-state index contributed by atoms with van der Waals surface area (Å²) in [6.07, 6.45) is 0.829. The summed E-state index contributed by atoms with van der Waals surface area (Å²) in [4.78, 5) is 20.1. The van der Waals surface area contributed by atoms with Crippen molar-refractivity contribution in [3.63, 3.8) is 0 Å². The zero-order valence-electron chi connectivity index (χ0n) is 21.4. The van der Waals surface area contributed by atoms with Crippen LogP contribution >= 0.6 is 0 Å². The van der Waals surface area contributed by atoms with Crippen LogP contribution < -0.4 is 14.2 Å². The highest BCUT2D eigenvalue weighted by molar-refractivity contribution is 5.97. The number of aromatic nitrogens is 4. The summed E-state index contributed by atoms with van der Waals surface area (Å²) in [5.41, 5.74) is 3.30. The van der Waals surface area contributed by atoms with Crippen LogP contribution in [0, 0.1) is 0 Å². The first kappa shape index (κ1) is 23.7. The molecule has 3 aromatic rings. The lowest BCUT2D eigenvalue weighted by Crippen LogP contribution is -2.48. The number of piperazine rings is 1. The van der Waals surface area contributed by atoms with Crippen LogP contribution in [0.2, 0.25) is 0 Å². The molecular formula is C26H31N7O4. The molecule has 3 aliphatic rings. The monoisotopic (exact) mass is 505 g/mol. The largest absolute Gasteiger partial charge is 0.492 e. The van der Waals surface area contributed by atoms with Crippen molar-refractivity contribution >= 4 is 5.91 Å². The normalized spacial score (nSPS) is 19.6. The van der Waals surface area contributed by atoms with E-state index in [1.54, 1.807) is 11.8 Å². The van der Waals surface area contributed by atoms with Gasteiger partial charge in [-0.25, -0.2) is 0 Å². The molecule has 1 aromatic heterocycles. The molecule has 6 rings (SSSR count).